The number of methoxy groups -OCH3 is 1. The number of aromatic nitrogens is 1. The van der Waals surface area contributed by atoms with E-state index in [0.717, 1.165) is 22.5 Å². The van der Waals surface area contributed by atoms with Gasteiger partial charge in [-0.05, 0) is 42.8 Å². The zero-order valence-electron chi connectivity index (χ0n) is 17.0. The van der Waals surface area contributed by atoms with E-state index in [-0.39, 0.29) is 0 Å². The van der Waals surface area contributed by atoms with Gasteiger partial charge in [-0.3, -0.25) is 9.98 Å². The number of nitrogens with zero attached hydrogens (tertiary/aromatic N) is 2. The third kappa shape index (κ3) is 5.48. The van der Waals surface area contributed by atoms with Gasteiger partial charge in [0.05, 0.1) is 19.4 Å². The SMILES string of the molecule is CCOc1cc(NC(=NC)NCc2cccc(-c3ccccn3)c2)ccc1OC. The molecule has 0 spiro atoms. The van der Waals surface area contributed by atoms with Crippen LogP contribution in [0.3, 0.4) is 0 Å². The zero-order valence-corrected chi connectivity index (χ0v) is 17.0. The number of ether oxygens (including phenoxy) is 2. The van der Waals surface area contributed by atoms with Gasteiger partial charge in [-0.1, -0.05) is 24.3 Å². The van der Waals surface area contributed by atoms with E-state index >= 15 is 0 Å². The van der Waals surface area contributed by atoms with Crippen molar-refractivity contribution in [1.82, 2.24) is 10.3 Å². The molecule has 0 saturated heterocycles. The highest BCUT2D eigenvalue weighted by atomic mass is 16.5. The number of aliphatic imine (C=N–C) groups is 1. The summed E-state index contributed by atoms with van der Waals surface area (Å²) < 4.78 is 11.0. The summed E-state index contributed by atoms with van der Waals surface area (Å²) in [5.41, 5.74) is 4.05. The maximum Gasteiger partial charge on any atom is 0.195 e. The second-order valence-corrected chi connectivity index (χ2v) is 6.26. The first-order chi connectivity index (χ1) is 14.2. The van der Waals surface area contributed by atoms with Crippen LogP contribution in [-0.4, -0.2) is 31.7 Å². The molecule has 2 N–H and O–H groups in total. The lowest BCUT2D eigenvalue weighted by molar-refractivity contribution is 0.311. The Bertz CT molecular complexity index is 958. The Balaban J connectivity index is 1.66. The molecule has 0 amide bonds. The van der Waals surface area contributed by atoms with E-state index in [1.165, 1.54) is 0 Å². The van der Waals surface area contributed by atoms with Crippen molar-refractivity contribution in [1.29, 1.82) is 0 Å². The van der Waals surface area contributed by atoms with Gasteiger partial charge in [0.25, 0.3) is 0 Å². The van der Waals surface area contributed by atoms with Crippen LogP contribution >= 0.6 is 0 Å². The van der Waals surface area contributed by atoms with Gasteiger partial charge in [-0.15, -0.1) is 0 Å². The van der Waals surface area contributed by atoms with E-state index in [2.05, 4.69) is 38.8 Å². The van der Waals surface area contributed by atoms with Gasteiger partial charge in [-0.2, -0.15) is 0 Å². The summed E-state index contributed by atoms with van der Waals surface area (Å²) in [6.45, 7) is 3.15. The number of pyridine rings is 1. The van der Waals surface area contributed by atoms with Crippen molar-refractivity contribution in [2.75, 3.05) is 26.1 Å². The summed E-state index contributed by atoms with van der Waals surface area (Å²) in [7, 11) is 3.37. The molecule has 0 fully saturated rings. The third-order valence-electron chi connectivity index (χ3n) is 4.30. The molecule has 0 aliphatic rings. The minimum absolute atomic E-state index is 0.569. The molecule has 6 nitrogen and oxygen atoms in total. The van der Waals surface area contributed by atoms with Crippen LogP contribution in [0, 0.1) is 0 Å². The molecule has 0 atom stereocenters. The molecule has 0 aliphatic heterocycles. The van der Waals surface area contributed by atoms with E-state index < -0.39 is 0 Å². The van der Waals surface area contributed by atoms with Crippen molar-refractivity contribution in [2.24, 2.45) is 4.99 Å². The number of guanidine groups is 1. The Hall–Kier alpha value is -3.54. The summed E-state index contributed by atoms with van der Waals surface area (Å²) >= 11 is 0. The quantitative estimate of drug-likeness (QED) is 0.464. The molecule has 0 radical (unpaired) electrons. The predicted molar refractivity (Wildman–Crippen MR) is 118 cm³/mol. The number of nitrogens with one attached hydrogen (secondary N) is 2. The van der Waals surface area contributed by atoms with Crippen molar-refractivity contribution in [3.05, 3.63) is 72.4 Å². The minimum atomic E-state index is 0.569. The summed E-state index contributed by atoms with van der Waals surface area (Å²) in [5.74, 6) is 2.06. The first kappa shape index (κ1) is 20.2. The largest absolute Gasteiger partial charge is 0.493 e. The lowest BCUT2D eigenvalue weighted by Crippen LogP contribution is -2.30. The predicted octanol–water partition coefficient (Wildman–Crippen LogP) is 4.34. The highest BCUT2D eigenvalue weighted by molar-refractivity contribution is 5.93. The maximum absolute atomic E-state index is 5.64. The van der Waals surface area contributed by atoms with Crippen molar-refractivity contribution >= 4 is 11.6 Å². The van der Waals surface area contributed by atoms with Crippen molar-refractivity contribution in [3.8, 4) is 22.8 Å². The maximum atomic E-state index is 5.64. The Morgan fingerprint density at radius 1 is 1.03 bits per heavy atom. The average molecular weight is 390 g/mol. The lowest BCUT2D eigenvalue weighted by Gasteiger charge is -2.15. The van der Waals surface area contributed by atoms with Crippen LogP contribution in [0.15, 0.2) is 71.9 Å². The molecule has 3 rings (SSSR count). The normalized spacial score (nSPS) is 11.1. The summed E-state index contributed by atoms with van der Waals surface area (Å²) in [5, 5.41) is 6.63. The zero-order chi connectivity index (χ0) is 20.5. The molecular weight excluding hydrogens is 364 g/mol. The molecular formula is C23H26N4O2. The smallest absolute Gasteiger partial charge is 0.195 e. The fourth-order valence-electron chi connectivity index (χ4n) is 2.90. The molecule has 0 unspecified atom stereocenters. The van der Waals surface area contributed by atoms with Gasteiger partial charge >= 0.3 is 0 Å². The van der Waals surface area contributed by atoms with E-state index in [4.69, 9.17) is 9.47 Å². The molecule has 0 bridgehead atoms. The molecule has 150 valence electrons. The van der Waals surface area contributed by atoms with Gasteiger partial charge in [0.2, 0.25) is 0 Å². The fourth-order valence-corrected chi connectivity index (χ4v) is 2.90. The van der Waals surface area contributed by atoms with Crippen molar-refractivity contribution < 1.29 is 9.47 Å². The van der Waals surface area contributed by atoms with Gasteiger partial charge in [0.1, 0.15) is 0 Å². The Morgan fingerprint density at radius 2 is 1.93 bits per heavy atom. The van der Waals surface area contributed by atoms with Crippen LogP contribution in [0.25, 0.3) is 11.3 Å². The van der Waals surface area contributed by atoms with E-state index in [1.54, 1.807) is 20.4 Å². The standard InChI is InChI=1S/C23H26N4O2/c1-4-29-22-15-19(11-12-21(22)28-3)27-23(24-2)26-16-17-8-7-9-18(14-17)20-10-5-6-13-25-20/h5-15H,4,16H2,1-3H3,(H2,24,26,27). The Morgan fingerprint density at radius 3 is 2.66 bits per heavy atom. The van der Waals surface area contributed by atoms with Crippen LogP contribution in [0.4, 0.5) is 5.69 Å². The van der Waals surface area contributed by atoms with Crippen LogP contribution in [-0.2, 0) is 6.54 Å². The monoisotopic (exact) mass is 390 g/mol. The highest BCUT2D eigenvalue weighted by Gasteiger charge is 2.07. The highest BCUT2D eigenvalue weighted by Crippen LogP contribution is 2.30. The van der Waals surface area contributed by atoms with Crippen LogP contribution < -0.4 is 20.1 Å². The molecule has 1 heterocycles. The van der Waals surface area contributed by atoms with Crippen LogP contribution in [0.5, 0.6) is 11.5 Å². The molecule has 3 aromatic rings. The molecule has 0 aliphatic carbocycles. The first-order valence-electron chi connectivity index (χ1n) is 9.52. The van der Waals surface area contributed by atoms with E-state index in [9.17, 15) is 0 Å². The van der Waals surface area contributed by atoms with E-state index in [1.807, 2.05) is 49.4 Å². The molecule has 0 saturated carbocycles. The number of anilines is 1. The molecule has 2 aromatic carbocycles. The van der Waals surface area contributed by atoms with Crippen LogP contribution in [0.1, 0.15) is 12.5 Å². The van der Waals surface area contributed by atoms with Gasteiger partial charge < -0.3 is 20.1 Å². The second-order valence-electron chi connectivity index (χ2n) is 6.26. The molecule has 1 aromatic heterocycles. The first-order valence-corrected chi connectivity index (χ1v) is 9.52. The van der Waals surface area contributed by atoms with Gasteiger partial charge in [-0.25, -0.2) is 0 Å². The number of rotatable bonds is 7. The fraction of sp³-hybridized carbons (Fsp3) is 0.217. The average Bonchev–Trinajstić information content (AvgIpc) is 2.78. The molecule has 6 heteroatoms. The van der Waals surface area contributed by atoms with Gasteiger partial charge in [0, 0.05) is 37.1 Å². The summed E-state index contributed by atoms with van der Waals surface area (Å²) in [6, 6.07) is 19.9. The Labute approximate surface area is 171 Å². The van der Waals surface area contributed by atoms with E-state index in [0.29, 0.717) is 30.6 Å². The number of hydrogen-bond acceptors (Lipinski definition) is 4. The lowest BCUT2D eigenvalue weighted by atomic mass is 10.1. The summed E-state index contributed by atoms with van der Waals surface area (Å²) in [6.07, 6.45) is 1.80. The van der Waals surface area contributed by atoms with Crippen LogP contribution in [0.2, 0.25) is 0 Å². The topological polar surface area (TPSA) is 67.8 Å². The molecule has 29 heavy (non-hydrogen) atoms. The minimum Gasteiger partial charge on any atom is -0.493 e. The Kier molecular flexibility index (Phi) is 7.05. The second kappa shape index (κ2) is 10.1. The van der Waals surface area contributed by atoms with Crippen molar-refractivity contribution in [3.63, 3.8) is 0 Å². The summed E-state index contributed by atoms with van der Waals surface area (Å²) in [4.78, 5) is 8.72. The number of benzene rings is 2. The number of hydrogen-bond donors (Lipinski definition) is 2. The third-order valence-corrected chi connectivity index (χ3v) is 4.30. The van der Waals surface area contributed by atoms with Gasteiger partial charge in [0.15, 0.2) is 17.5 Å². The van der Waals surface area contributed by atoms with Crippen molar-refractivity contribution in [2.45, 2.75) is 13.5 Å².